The standard InChI is InChI=1S/C5H11NO2/c1-5(8,4-7)2-3-6/h4,8H,2-3,6H2,1H3. The van der Waals surface area contributed by atoms with Gasteiger partial charge in [-0.1, -0.05) is 0 Å². The van der Waals surface area contributed by atoms with E-state index in [1.54, 1.807) is 0 Å². The Morgan fingerprint density at radius 3 is 2.50 bits per heavy atom. The average molecular weight is 117 g/mol. The van der Waals surface area contributed by atoms with Crippen molar-refractivity contribution in [1.82, 2.24) is 0 Å². The molecule has 0 fully saturated rings. The molecular formula is C5H11NO2. The van der Waals surface area contributed by atoms with E-state index in [0.29, 0.717) is 19.3 Å². The lowest BCUT2D eigenvalue weighted by atomic mass is 10.1. The lowest BCUT2D eigenvalue weighted by Crippen LogP contribution is -2.28. The molecule has 0 radical (unpaired) electrons. The van der Waals surface area contributed by atoms with E-state index in [4.69, 9.17) is 10.8 Å². The van der Waals surface area contributed by atoms with E-state index in [9.17, 15) is 4.79 Å². The maximum absolute atomic E-state index is 9.91. The zero-order chi connectivity index (χ0) is 6.62. The fraction of sp³-hybridized carbons (Fsp3) is 0.800. The van der Waals surface area contributed by atoms with Crippen LogP contribution in [-0.4, -0.2) is 23.5 Å². The summed E-state index contributed by atoms with van der Waals surface area (Å²) in [6.07, 6.45) is 0.830. The van der Waals surface area contributed by atoms with Gasteiger partial charge in [0, 0.05) is 0 Å². The first-order chi connectivity index (χ1) is 3.62. The largest absolute Gasteiger partial charge is 0.383 e. The summed E-state index contributed by atoms with van der Waals surface area (Å²) in [5, 5.41) is 8.88. The van der Waals surface area contributed by atoms with Crippen molar-refractivity contribution in [3.63, 3.8) is 0 Å². The van der Waals surface area contributed by atoms with Crippen molar-refractivity contribution in [2.24, 2.45) is 5.73 Å². The molecule has 0 aromatic heterocycles. The minimum Gasteiger partial charge on any atom is -0.383 e. The van der Waals surface area contributed by atoms with E-state index in [0.717, 1.165) is 0 Å². The highest BCUT2D eigenvalue weighted by Crippen LogP contribution is 2.01. The zero-order valence-electron chi connectivity index (χ0n) is 4.92. The summed E-state index contributed by atoms with van der Waals surface area (Å²) in [4.78, 5) is 9.91. The van der Waals surface area contributed by atoms with Gasteiger partial charge in [0.05, 0.1) is 0 Å². The normalized spacial score (nSPS) is 17.4. The molecule has 0 aromatic carbocycles. The molecule has 0 aliphatic heterocycles. The quantitative estimate of drug-likeness (QED) is 0.480. The second kappa shape index (κ2) is 2.79. The predicted molar refractivity (Wildman–Crippen MR) is 30.4 cm³/mol. The van der Waals surface area contributed by atoms with Crippen molar-refractivity contribution in [3.05, 3.63) is 0 Å². The molecule has 8 heavy (non-hydrogen) atoms. The van der Waals surface area contributed by atoms with Gasteiger partial charge in [-0.2, -0.15) is 0 Å². The van der Waals surface area contributed by atoms with Crippen LogP contribution in [0.25, 0.3) is 0 Å². The van der Waals surface area contributed by atoms with Gasteiger partial charge >= 0.3 is 0 Å². The summed E-state index contributed by atoms with van der Waals surface area (Å²) in [5.41, 5.74) is 3.86. The van der Waals surface area contributed by atoms with Crippen molar-refractivity contribution in [2.75, 3.05) is 6.54 Å². The zero-order valence-corrected chi connectivity index (χ0v) is 4.92. The second-order valence-electron chi connectivity index (χ2n) is 2.01. The number of hydrogen-bond acceptors (Lipinski definition) is 3. The van der Waals surface area contributed by atoms with E-state index in [2.05, 4.69) is 0 Å². The summed E-state index contributed by atoms with van der Waals surface area (Å²) in [6, 6.07) is 0. The van der Waals surface area contributed by atoms with Crippen LogP contribution in [0, 0.1) is 0 Å². The number of rotatable bonds is 3. The van der Waals surface area contributed by atoms with E-state index < -0.39 is 5.60 Å². The van der Waals surface area contributed by atoms with Crippen LogP contribution >= 0.6 is 0 Å². The number of aliphatic hydroxyl groups is 1. The molecule has 3 heteroatoms. The third-order valence-electron chi connectivity index (χ3n) is 0.904. The second-order valence-corrected chi connectivity index (χ2v) is 2.01. The summed E-state index contributed by atoms with van der Waals surface area (Å²) in [7, 11) is 0. The minimum atomic E-state index is -1.21. The Hall–Kier alpha value is -0.410. The van der Waals surface area contributed by atoms with Gasteiger partial charge in [-0.25, -0.2) is 0 Å². The third-order valence-corrected chi connectivity index (χ3v) is 0.904. The van der Waals surface area contributed by atoms with Crippen LogP contribution in [-0.2, 0) is 4.79 Å². The molecule has 0 amide bonds. The van der Waals surface area contributed by atoms with E-state index in [-0.39, 0.29) is 0 Å². The van der Waals surface area contributed by atoms with Crippen LogP contribution in [0.4, 0.5) is 0 Å². The maximum atomic E-state index is 9.91. The van der Waals surface area contributed by atoms with Gasteiger partial charge in [-0.3, -0.25) is 0 Å². The monoisotopic (exact) mass is 117 g/mol. The Balaban J connectivity index is 3.53. The number of carbonyl (C=O) groups excluding carboxylic acids is 1. The Morgan fingerprint density at radius 1 is 1.88 bits per heavy atom. The molecule has 48 valence electrons. The Morgan fingerprint density at radius 2 is 2.38 bits per heavy atom. The fourth-order valence-electron chi connectivity index (χ4n) is 0.351. The molecule has 0 bridgehead atoms. The molecule has 0 saturated carbocycles. The molecule has 1 atom stereocenters. The molecule has 0 spiro atoms. The predicted octanol–water partition coefficient (Wildman–Crippen LogP) is -0.715. The summed E-state index contributed by atoms with van der Waals surface area (Å²) < 4.78 is 0. The molecule has 0 aliphatic rings. The minimum absolute atomic E-state index is 0.330. The summed E-state index contributed by atoms with van der Waals surface area (Å²) >= 11 is 0. The van der Waals surface area contributed by atoms with E-state index in [1.165, 1.54) is 6.92 Å². The van der Waals surface area contributed by atoms with Gasteiger partial charge in [0.1, 0.15) is 5.60 Å². The highest BCUT2D eigenvalue weighted by molar-refractivity contribution is 5.60. The summed E-state index contributed by atoms with van der Waals surface area (Å²) in [6.45, 7) is 1.78. The lowest BCUT2D eigenvalue weighted by Gasteiger charge is -2.12. The van der Waals surface area contributed by atoms with Crippen molar-refractivity contribution < 1.29 is 9.90 Å². The molecule has 0 aliphatic carbocycles. The average Bonchev–Trinajstić information content (AvgIpc) is 1.67. The van der Waals surface area contributed by atoms with Gasteiger partial charge < -0.3 is 15.6 Å². The van der Waals surface area contributed by atoms with Crippen LogP contribution in [0.3, 0.4) is 0 Å². The highest BCUT2D eigenvalue weighted by atomic mass is 16.3. The van der Waals surface area contributed by atoms with Gasteiger partial charge in [-0.15, -0.1) is 0 Å². The lowest BCUT2D eigenvalue weighted by molar-refractivity contribution is -0.122. The SMILES string of the molecule is CC(O)(C=O)CCN. The first-order valence-corrected chi connectivity index (χ1v) is 2.51. The fourth-order valence-corrected chi connectivity index (χ4v) is 0.351. The third kappa shape index (κ3) is 2.71. The number of aldehydes is 1. The van der Waals surface area contributed by atoms with Gasteiger partial charge in [0.25, 0.3) is 0 Å². The van der Waals surface area contributed by atoms with Gasteiger partial charge in [0.2, 0.25) is 0 Å². The van der Waals surface area contributed by atoms with Gasteiger partial charge in [-0.05, 0) is 19.9 Å². The Labute approximate surface area is 48.5 Å². The van der Waals surface area contributed by atoms with Gasteiger partial charge in [0.15, 0.2) is 6.29 Å². The number of nitrogens with two attached hydrogens (primary N) is 1. The van der Waals surface area contributed by atoms with Crippen LogP contribution < -0.4 is 5.73 Å². The number of hydrogen-bond donors (Lipinski definition) is 2. The van der Waals surface area contributed by atoms with E-state index >= 15 is 0 Å². The molecule has 0 saturated heterocycles. The van der Waals surface area contributed by atoms with Crippen molar-refractivity contribution in [1.29, 1.82) is 0 Å². The van der Waals surface area contributed by atoms with Crippen molar-refractivity contribution >= 4 is 6.29 Å². The highest BCUT2D eigenvalue weighted by Gasteiger charge is 2.16. The molecule has 1 unspecified atom stereocenters. The van der Waals surface area contributed by atoms with Crippen molar-refractivity contribution in [3.8, 4) is 0 Å². The smallest absolute Gasteiger partial charge is 0.151 e. The van der Waals surface area contributed by atoms with Crippen molar-refractivity contribution in [2.45, 2.75) is 18.9 Å². The van der Waals surface area contributed by atoms with E-state index in [1.807, 2.05) is 0 Å². The Bertz CT molecular complexity index is 80.5. The van der Waals surface area contributed by atoms with Crippen LogP contribution in [0.2, 0.25) is 0 Å². The molecule has 0 rings (SSSR count). The Kier molecular flexibility index (Phi) is 2.65. The first-order valence-electron chi connectivity index (χ1n) is 2.51. The number of carbonyl (C=O) groups is 1. The van der Waals surface area contributed by atoms with Crippen LogP contribution in [0.1, 0.15) is 13.3 Å². The summed E-state index contributed by atoms with van der Waals surface area (Å²) in [5.74, 6) is 0. The molecule has 3 nitrogen and oxygen atoms in total. The van der Waals surface area contributed by atoms with Crippen LogP contribution in [0.15, 0.2) is 0 Å². The molecule has 0 aromatic rings. The topological polar surface area (TPSA) is 63.3 Å². The van der Waals surface area contributed by atoms with Crippen LogP contribution in [0.5, 0.6) is 0 Å². The molecule has 3 N–H and O–H groups in total. The molecule has 0 heterocycles. The molecular weight excluding hydrogens is 106 g/mol. The first kappa shape index (κ1) is 7.59. The maximum Gasteiger partial charge on any atom is 0.151 e.